The van der Waals surface area contributed by atoms with Gasteiger partial charge < -0.3 is 4.74 Å². The first-order valence-corrected chi connectivity index (χ1v) is 8.59. The fourth-order valence-corrected chi connectivity index (χ4v) is 4.73. The van der Waals surface area contributed by atoms with E-state index in [0.717, 1.165) is 23.7 Å². The van der Waals surface area contributed by atoms with Crippen LogP contribution in [0.4, 0.5) is 0 Å². The van der Waals surface area contributed by atoms with E-state index in [1.807, 2.05) is 18.0 Å². The molecule has 1 aromatic heterocycles. The highest BCUT2D eigenvalue weighted by Gasteiger charge is 2.40. The Balaban J connectivity index is 2.03. The molecule has 3 rings (SSSR count). The molecule has 3 nitrogen and oxygen atoms in total. The lowest BCUT2D eigenvalue weighted by Crippen LogP contribution is -2.47. The zero-order chi connectivity index (χ0) is 13.8. The van der Waals surface area contributed by atoms with Crippen molar-refractivity contribution in [2.24, 2.45) is 0 Å². The smallest absolute Gasteiger partial charge is 0.117 e. The van der Waals surface area contributed by atoms with E-state index in [9.17, 15) is 0 Å². The predicted molar refractivity (Wildman–Crippen MR) is 84.6 cm³/mol. The van der Waals surface area contributed by atoms with Gasteiger partial charge in [-0.1, -0.05) is 18.2 Å². The molecule has 106 valence electrons. The van der Waals surface area contributed by atoms with E-state index in [4.69, 9.17) is 4.74 Å². The topological polar surface area (TPSA) is 34.1 Å². The predicted octanol–water partition coefficient (Wildman–Crippen LogP) is 3.12. The molecule has 1 aliphatic heterocycles. The Bertz CT molecular complexity index is 559. The lowest BCUT2D eigenvalue weighted by Gasteiger charge is -2.38. The molecule has 5 heteroatoms. The maximum absolute atomic E-state index is 5.20. The zero-order valence-corrected chi connectivity index (χ0v) is 13.1. The molecule has 2 heterocycles. The first-order chi connectivity index (χ1) is 9.87. The number of hydrogen-bond donors (Lipinski definition) is 1. The third-order valence-corrected chi connectivity index (χ3v) is 5.62. The van der Waals surface area contributed by atoms with Crippen LogP contribution in [0, 0.1) is 0 Å². The van der Waals surface area contributed by atoms with Crippen molar-refractivity contribution in [2.75, 3.05) is 26.0 Å². The van der Waals surface area contributed by atoms with E-state index < -0.39 is 0 Å². The summed E-state index contributed by atoms with van der Waals surface area (Å²) in [6, 6.07) is 8.66. The molecule has 0 saturated heterocycles. The molecule has 0 saturated carbocycles. The van der Waals surface area contributed by atoms with Gasteiger partial charge in [-0.05, 0) is 18.1 Å². The van der Waals surface area contributed by atoms with Crippen LogP contribution in [0.15, 0.2) is 40.7 Å². The van der Waals surface area contributed by atoms with Gasteiger partial charge in [0.25, 0.3) is 0 Å². The van der Waals surface area contributed by atoms with Crippen molar-refractivity contribution in [1.82, 2.24) is 10.3 Å². The molecular formula is C15H18N2OS2. The molecule has 0 radical (unpaired) electrons. The van der Waals surface area contributed by atoms with Crippen molar-refractivity contribution < 1.29 is 4.74 Å². The van der Waals surface area contributed by atoms with Crippen molar-refractivity contribution in [3.8, 4) is 0 Å². The largest absolute Gasteiger partial charge is 0.383 e. The van der Waals surface area contributed by atoms with Crippen molar-refractivity contribution in [1.29, 1.82) is 0 Å². The highest BCUT2D eigenvalue weighted by atomic mass is 32.2. The number of methoxy groups -OCH3 is 1. The first kappa shape index (κ1) is 14.1. The molecule has 0 amide bonds. The van der Waals surface area contributed by atoms with Crippen molar-refractivity contribution in [3.63, 3.8) is 0 Å². The zero-order valence-electron chi connectivity index (χ0n) is 11.5. The fraction of sp³-hybridized carbons (Fsp3) is 0.400. The monoisotopic (exact) mass is 306 g/mol. The van der Waals surface area contributed by atoms with Gasteiger partial charge in [0.2, 0.25) is 0 Å². The van der Waals surface area contributed by atoms with E-state index >= 15 is 0 Å². The summed E-state index contributed by atoms with van der Waals surface area (Å²) in [6.07, 6.45) is 2.95. The average molecular weight is 306 g/mol. The maximum Gasteiger partial charge on any atom is 0.117 e. The van der Waals surface area contributed by atoms with Crippen LogP contribution in [0.25, 0.3) is 0 Å². The highest BCUT2D eigenvalue weighted by Crippen LogP contribution is 2.44. The van der Waals surface area contributed by atoms with Gasteiger partial charge in [0.15, 0.2) is 0 Å². The molecule has 2 aromatic rings. The number of thiazole rings is 1. The van der Waals surface area contributed by atoms with Crippen molar-refractivity contribution in [2.45, 2.75) is 16.9 Å². The van der Waals surface area contributed by atoms with E-state index in [0.29, 0.717) is 6.61 Å². The van der Waals surface area contributed by atoms with Gasteiger partial charge >= 0.3 is 0 Å². The molecule has 0 bridgehead atoms. The Morgan fingerprint density at radius 3 is 3.10 bits per heavy atom. The van der Waals surface area contributed by atoms with Gasteiger partial charge in [-0.15, -0.1) is 23.1 Å². The van der Waals surface area contributed by atoms with Gasteiger partial charge in [0.05, 0.1) is 12.1 Å². The summed E-state index contributed by atoms with van der Waals surface area (Å²) < 4.78 is 5.20. The number of nitrogens with zero attached hydrogens (tertiary/aromatic N) is 1. The molecule has 20 heavy (non-hydrogen) atoms. The molecule has 1 unspecified atom stereocenters. The van der Waals surface area contributed by atoms with Crippen LogP contribution in [0.2, 0.25) is 0 Å². The molecule has 1 N–H and O–H groups in total. The van der Waals surface area contributed by atoms with Crippen LogP contribution >= 0.6 is 23.1 Å². The third-order valence-electron chi connectivity index (χ3n) is 3.61. The number of benzene rings is 1. The second-order valence-electron chi connectivity index (χ2n) is 4.76. The van der Waals surface area contributed by atoms with Crippen LogP contribution in [-0.4, -0.2) is 31.0 Å². The lowest BCUT2D eigenvalue weighted by molar-refractivity contribution is 0.187. The first-order valence-electron chi connectivity index (χ1n) is 6.73. The molecule has 1 aliphatic rings. The second kappa shape index (κ2) is 6.26. The SMILES string of the molecule is COCCNC1(c2nccs2)CCSc2ccccc21. The maximum atomic E-state index is 5.20. The summed E-state index contributed by atoms with van der Waals surface area (Å²) in [5.74, 6) is 1.11. The fourth-order valence-electron chi connectivity index (χ4n) is 2.68. The standard InChI is InChI=1S/C15H18N2OS2/c1-18-9-7-17-15(14-16-8-11-20-14)6-10-19-13-5-3-2-4-12(13)15/h2-5,8,11,17H,6-7,9-10H2,1H3. The summed E-state index contributed by atoms with van der Waals surface area (Å²) in [5.41, 5.74) is 1.19. The van der Waals surface area contributed by atoms with Gasteiger partial charge in [-0.2, -0.15) is 0 Å². The minimum Gasteiger partial charge on any atom is -0.383 e. The summed E-state index contributed by atoms with van der Waals surface area (Å²) in [6.45, 7) is 1.54. The van der Waals surface area contributed by atoms with Gasteiger partial charge in [0.1, 0.15) is 5.01 Å². The van der Waals surface area contributed by atoms with E-state index in [2.05, 4.69) is 39.9 Å². The summed E-state index contributed by atoms with van der Waals surface area (Å²) >= 11 is 3.66. The van der Waals surface area contributed by atoms with Crippen LogP contribution in [-0.2, 0) is 10.3 Å². The molecular weight excluding hydrogens is 288 g/mol. The molecule has 1 aromatic carbocycles. The molecule has 0 fully saturated rings. The van der Waals surface area contributed by atoms with Gasteiger partial charge in [0, 0.05) is 35.9 Å². The average Bonchev–Trinajstić information content (AvgIpc) is 3.02. The quantitative estimate of drug-likeness (QED) is 0.861. The molecule has 1 atom stereocenters. The Labute approximate surface area is 127 Å². The second-order valence-corrected chi connectivity index (χ2v) is 6.79. The summed E-state index contributed by atoms with van der Waals surface area (Å²) in [7, 11) is 1.74. The van der Waals surface area contributed by atoms with Gasteiger partial charge in [-0.25, -0.2) is 4.98 Å². The van der Waals surface area contributed by atoms with Crippen molar-refractivity contribution in [3.05, 3.63) is 46.4 Å². The van der Waals surface area contributed by atoms with Crippen LogP contribution < -0.4 is 5.32 Å². The summed E-state index contributed by atoms with van der Waals surface area (Å²) in [5, 5.41) is 6.91. The summed E-state index contributed by atoms with van der Waals surface area (Å²) in [4.78, 5) is 5.96. The van der Waals surface area contributed by atoms with Crippen LogP contribution in [0.3, 0.4) is 0 Å². The Morgan fingerprint density at radius 2 is 2.30 bits per heavy atom. The van der Waals surface area contributed by atoms with Crippen LogP contribution in [0.1, 0.15) is 17.0 Å². The number of fused-ring (bicyclic) bond motifs is 1. The highest BCUT2D eigenvalue weighted by molar-refractivity contribution is 7.99. The molecule has 0 aliphatic carbocycles. The lowest BCUT2D eigenvalue weighted by atomic mass is 9.87. The van der Waals surface area contributed by atoms with Crippen molar-refractivity contribution >= 4 is 23.1 Å². The minimum absolute atomic E-state index is 0.158. The Kier molecular flexibility index (Phi) is 4.41. The Hall–Kier alpha value is -0.880. The molecule has 0 spiro atoms. The Morgan fingerprint density at radius 1 is 1.40 bits per heavy atom. The number of rotatable bonds is 5. The van der Waals surface area contributed by atoms with Gasteiger partial charge in [-0.3, -0.25) is 5.32 Å². The number of hydrogen-bond acceptors (Lipinski definition) is 5. The number of nitrogens with one attached hydrogen (secondary N) is 1. The van der Waals surface area contributed by atoms with Crippen LogP contribution in [0.5, 0.6) is 0 Å². The number of thioether (sulfide) groups is 1. The minimum atomic E-state index is -0.158. The number of aromatic nitrogens is 1. The van der Waals surface area contributed by atoms with E-state index in [1.54, 1.807) is 18.4 Å². The van der Waals surface area contributed by atoms with E-state index in [-0.39, 0.29) is 5.54 Å². The third kappa shape index (κ3) is 2.51. The normalized spacial score (nSPS) is 21.6. The van der Waals surface area contributed by atoms with E-state index in [1.165, 1.54) is 10.5 Å². The number of ether oxygens (including phenoxy) is 1.